The first-order chi connectivity index (χ1) is 17.9. The number of rotatable bonds is 11. The van der Waals surface area contributed by atoms with Gasteiger partial charge in [-0.2, -0.15) is 13.2 Å². The molecule has 0 amide bonds. The van der Waals surface area contributed by atoms with Gasteiger partial charge in [-0.05, 0) is 49.9 Å². The van der Waals surface area contributed by atoms with E-state index in [0.29, 0.717) is 57.1 Å². The summed E-state index contributed by atoms with van der Waals surface area (Å²) in [6.45, 7) is 3.67. The maximum Gasteiger partial charge on any atom is 0.423 e. The highest BCUT2D eigenvalue weighted by Gasteiger charge is 2.59. The number of hydrogen-bond acceptors (Lipinski definition) is 5. The molecule has 1 aliphatic rings. The molecule has 7 nitrogen and oxygen atoms in total. The average molecular weight is 562 g/mol. The van der Waals surface area contributed by atoms with Gasteiger partial charge in [0.15, 0.2) is 0 Å². The van der Waals surface area contributed by atoms with Crippen LogP contribution in [0.4, 0.5) is 23.2 Å². The Labute approximate surface area is 218 Å². The Hall–Kier alpha value is -2.49. The van der Waals surface area contributed by atoms with Crippen LogP contribution in [0.3, 0.4) is 0 Å². The van der Waals surface area contributed by atoms with Crippen LogP contribution in [0.5, 0.6) is 5.75 Å². The highest BCUT2D eigenvalue weighted by molar-refractivity contribution is 7.54. The minimum absolute atomic E-state index is 0.0786. The van der Waals surface area contributed by atoms with Crippen molar-refractivity contribution in [1.29, 1.82) is 0 Å². The molecule has 1 N–H and O–H groups in total. The third-order valence-corrected chi connectivity index (χ3v) is 9.08. The van der Waals surface area contributed by atoms with E-state index in [1.165, 1.54) is 12.1 Å². The quantitative estimate of drug-likeness (QED) is 0.128. The minimum Gasteiger partial charge on any atom is -0.469 e. The molecular weight excluding hydrogens is 529 g/mol. The van der Waals surface area contributed by atoms with E-state index in [9.17, 15) is 37.1 Å². The molecule has 12 heteroatoms. The number of ether oxygens (including phenoxy) is 1. The number of nitro benzene ring substituents is 1. The van der Waals surface area contributed by atoms with Gasteiger partial charge in [0, 0.05) is 17.5 Å². The lowest BCUT2D eigenvalue weighted by molar-refractivity contribution is -0.388. The van der Waals surface area contributed by atoms with Gasteiger partial charge in [-0.25, -0.2) is 4.39 Å². The van der Waals surface area contributed by atoms with Gasteiger partial charge in [-0.15, -0.1) is 0 Å². The maximum atomic E-state index is 14.3. The summed E-state index contributed by atoms with van der Waals surface area (Å²) >= 11 is 0. The summed E-state index contributed by atoms with van der Waals surface area (Å²) < 4.78 is 81.4. The van der Waals surface area contributed by atoms with Crippen molar-refractivity contribution in [1.82, 2.24) is 0 Å². The minimum atomic E-state index is -5.08. The van der Waals surface area contributed by atoms with Gasteiger partial charge in [0.25, 0.3) is 5.69 Å². The summed E-state index contributed by atoms with van der Waals surface area (Å²) in [7, 11) is -4.85. The standard InChI is InChI=1S/C26H32F4NO6P/c1-3-8-21(4-2)37-38(34,35)25(18-9-6-5-7-10-18,19-11-13-20(27)14-12-19)36-22-15-16-24(31(32)33)23(17-22)26(28,29)30/h11-18,21H,3-10H2,1-2H3,(H,34,35). The average Bonchev–Trinajstić information content (AvgIpc) is 2.87. The van der Waals surface area contributed by atoms with Crippen molar-refractivity contribution in [2.45, 2.75) is 82.8 Å². The predicted molar refractivity (Wildman–Crippen MR) is 133 cm³/mol. The van der Waals surface area contributed by atoms with Crippen molar-refractivity contribution in [2.24, 2.45) is 5.92 Å². The van der Waals surface area contributed by atoms with E-state index in [-0.39, 0.29) is 5.56 Å². The summed E-state index contributed by atoms with van der Waals surface area (Å²) in [5.74, 6) is -1.77. The molecule has 1 aliphatic carbocycles. The largest absolute Gasteiger partial charge is 0.469 e. The first-order valence-corrected chi connectivity index (χ1v) is 14.3. The summed E-state index contributed by atoms with van der Waals surface area (Å²) in [5, 5.41) is 9.09. The van der Waals surface area contributed by atoms with E-state index in [1.54, 1.807) is 6.92 Å². The molecule has 210 valence electrons. The Morgan fingerprint density at radius 3 is 2.26 bits per heavy atom. The van der Waals surface area contributed by atoms with Crippen molar-refractivity contribution in [3.8, 4) is 5.75 Å². The SMILES string of the molecule is CCCC(CC)OP(=O)(O)C(Oc1ccc([N+](=O)[O-])c(C(F)(F)F)c1)(c1ccc(F)cc1)C1CCCCC1. The van der Waals surface area contributed by atoms with Crippen LogP contribution in [0.2, 0.25) is 0 Å². The molecule has 2 aromatic rings. The van der Waals surface area contributed by atoms with Gasteiger partial charge in [0.1, 0.15) is 17.1 Å². The Kier molecular flexibility index (Phi) is 9.60. The Bertz CT molecular complexity index is 1150. The zero-order chi connectivity index (χ0) is 28.1. The molecule has 1 fully saturated rings. The third kappa shape index (κ3) is 6.38. The molecule has 38 heavy (non-hydrogen) atoms. The van der Waals surface area contributed by atoms with Gasteiger partial charge >= 0.3 is 13.8 Å². The fourth-order valence-electron chi connectivity index (χ4n) is 5.09. The molecule has 0 aromatic heterocycles. The molecule has 0 saturated heterocycles. The van der Waals surface area contributed by atoms with Gasteiger partial charge in [0.05, 0.1) is 11.0 Å². The molecule has 0 spiro atoms. The smallest absolute Gasteiger partial charge is 0.423 e. The van der Waals surface area contributed by atoms with Crippen LogP contribution in [0.25, 0.3) is 0 Å². The predicted octanol–water partition coefficient (Wildman–Crippen LogP) is 8.35. The Balaban J connectivity index is 2.27. The highest BCUT2D eigenvalue weighted by Crippen LogP contribution is 2.68. The Morgan fingerprint density at radius 1 is 1.11 bits per heavy atom. The van der Waals surface area contributed by atoms with Crippen LogP contribution in [-0.4, -0.2) is 15.9 Å². The lowest BCUT2D eigenvalue weighted by Gasteiger charge is -2.45. The van der Waals surface area contributed by atoms with Crippen molar-refractivity contribution >= 4 is 13.3 Å². The van der Waals surface area contributed by atoms with Crippen molar-refractivity contribution in [2.75, 3.05) is 0 Å². The van der Waals surface area contributed by atoms with Gasteiger partial charge < -0.3 is 14.2 Å². The summed E-state index contributed by atoms with van der Waals surface area (Å²) in [4.78, 5) is 21.8. The second-order valence-corrected chi connectivity index (χ2v) is 11.4. The highest BCUT2D eigenvalue weighted by atomic mass is 31.2. The van der Waals surface area contributed by atoms with Crippen LogP contribution in [0.15, 0.2) is 42.5 Å². The lowest BCUT2D eigenvalue weighted by atomic mass is 9.82. The maximum absolute atomic E-state index is 14.3. The number of benzene rings is 2. The summed E-state index contributed by atoms with van der Waals surface area (Å²) in [6.07, 6.45) is -1.17. The normalized spacial score (nSPS) is 18.8. The van der Waals surface area contributed by atoms with E-state index in [0.717, 1.165) is 24.6 Å². The van der Waals surface area contributed by atoms with Crippen molar-refractivity contribution in [3.05, 3.63) is 69.5 Å². The molecular formula is C26H32F4NO6P. The van der Waals surface area contributed by atoms with Gasteiger partial charge in [-0.3, -0.25) is 14.7 Å². The molecule has 0 bridgehead atoms. The third-order valence-electron chi connectivity index (χ3n) is 6.94. The number of nitrogens with zero attached hydrogens (tertiary/aromatic N) is 1. The first kappa shape index (κ1) is 30.1. The number of halogens is 4. The molecule has 0 heterocycles. The monoisotopic (exact) mass is 561 g/mol. The second kappa shape index (κ2) is 12.1. The van der Waals surface area contributed by atoms with Gasteiger partial charge in [0.2, 0.25) is 5.34 Å². The van der Waals surface area contributed by atoms with Crippen molar-refractivity contribution in [3.63, 3.8) is 0 Å². The van der Waals surface area contributed by atoms with E-state index in [2.05, 4.69) is 0 Å². The van der Waals surface area contributed by atoms with E-state index in [4.69, 9.17) is 9.26 Å². The number of hydrogen-bond donors (Lipinski definition) is 1. The van der Waals surface area contributed by atoms with Crippen LogP contribution in [-0.2, 0) is 20.6 Å². The molecule has 1 saturated carbocycles. The molecule has 0 aliphatic heterocycles. The fraction of sp³-hybridized carbons (Fsp3) is 0.538. The molecule has 3 unspecified atom stereocenters. The zero-order valence-electron chi connectivity index (χ0n) is 21.2. The van der Waals surface area contributed by atoms with Gasteiger partial charge in [-0.1, -0.05) is 51.7 Å². The summed E-state index contributed by atoms with van der Waals surface area (Å²) in [5.41, 5.74) is -2.65. The first-order valence-electron chi connectivity index (χ1n) is 12.7. The lowest BCUT2D eigenvalue weighted by Crippen LogP contribution is -2.43. The molecule has 2 aromatic carbocycles. The van der Waals surface area contributed by atoms with Crippen LogP contribution in [0.1, 0.15) is 76.3 Å². The topological polar surface area (TPSA) is 98.9 Å². The van der Waals surface area contributed by atoms with Crippen LogP contribution in [0, 0.1) is 21.8 Å². The Morgan fingerprint density at radius 2 is 1.74 bits per heavy atom. The van der Waals surface area contributed by atoms with E-state index >= 15 is 0 Å². The molecule has 3 rings (SSSR count). The van der Waals surface area contributed by atoms with Crippen molar-refractivity contribution < 1.29 is 41.2 Å². The van der Waals surface area contributed by atoms with E-state index in [1.807, 2.05) is 6.92 Å². The summed E-state index contributed by atoms with van der Waals surface area (Å²) in [6, 6.07) is 6.79. The van der Waals surface area contributed by atoms with E-state index < -0.39 is 58.9 Å². The van der Waals surface area contributed by atoms with Crippen LogP contribution >= 0.6 is 7.60 Å². The zero-order valence-corrected chi connectivity index (χ0v) is 22.1. The number of alkyl halides is 3. The fourth-order valence-corrected chi connectivity index (χ4v) is 7.32. The second-order valence-electron chi connectivity index (χ2n) is 9.52. The molecule has 0 radical (unpaired) electrons. The molecule has 3 atom stereocenters. The number of nitro groups is 1. The van der Waals surface area contributed by atoms with Crippen LogP contribution < -0.4 is 4.74 Å².